The molecule has 0 fully saturated rings. The lowest BCUT2D eigenvalue weighted by Crippen LogP contribution is -2.13. The van der Waals surface area contributed by atoms with Crippen molar-refractivity contribution < 1.29 is 4.52 Å². The molecule has 0 atom stereocenters. The van der Waals surface area contributed by atoms with E-state index >= 15 is 0 Å². The van der Waals surface area contributed by atoms with E-state index in [0.717, 1.165) is 37.2 Å². The third kappa shape index (κ3) is 5.05. The molecule has 0 unspecified atom stereocenters. The van der Waals surface area contributed by atoms with Gasteiger partial charge in [0.05, 0.1) is 11.4 Å². The minimum Gasteiger partial charge on any atom is -0.338 e. The zero-order valence-corrected chi connectivity index (χ0v) is 12.4. The Morgan fingerprint density at radius 1 is 1.16 bits per heavy atom. The lowest BCUT2D eigenvalue weighted by Gasteiger charge is -2.04. The minimum absolute atomic E-state index is 0.289. The average molecular weight is 266 g/mol. The summed E-state index contributed by atoms with van der Waals surface area (Å²) in [5, 5.41) is 2.64. The smallest absolute Gasteiger partial charge is 0.338 e. The molecular formula is C15H26N2O2. The van der Waals surface area contributed by atoms with Gasteiger partial charge in [-0.2, -0.15) is 0 Å². The van der Waals surface area contributed by atoms with Crippen LogP contribution >= 0.6 is 0 Å². The summed E-state index contributed by atoms with van der Waals surface area (Å²) in [5.74, 6) is 0. The maximum atomic E-state index is 11.7. The molecule has 1 N–H and O–H groups in total. The zero-order chi connectivity index (χ0) is 14.1. The van der Waals surface area contributed by atoms with Gasteiger partial charge in [-0.25, -0.2) is 9.95 Å². The molecule has 4 heteroatoms. The van der Waals surface area contributed by atoms with E-state index in [1.807, 2.05) is 6.92 Å². The second-order valence-electron chi connectivity index (χ2n) is 4.98. The fourth-order valence-electron chi connectivity index (χ4n) is 2.11. The monoisotopic (exact) mass is 266 g/mol. The van der Waals surface area contributed by atoms with Crippen molar-refractivity contribution >= 4 is 5.71 Å². The van der Waals surface area contributed by atoms with Gasteiger partial charge in [-0.15, -0.1) is 0 Å². The number of nitrogens with one attached hydrogen (secondary N) is 1. The molecule has 1 heterocycles. The molecule has 1 aromatic rings. The van der Waals surface area contributed by atoms with Crippen LogP contribution in [0, 0.1) is 6.92 Å². The molecule has 0 radical (unpaired) electrons. The number of nitrogens with zero attached hydrogens (tertiary/aromatic N) is 1. The van der Waals surface area contributed by atoms with Gasteiger partial charge in [0.15, 0.2) is 0 Å². The molecule has 0 amide bonds. The topological polar surface area (TPSA) is 58.4 Å². The molecule has 0 saturated heterocycles. The van der Waals surface area contributed by atoms with E-state index in [2.05, 4.69) is 24.0 Å². The van der Waals surface area contributed by atoms with Crippen molar-refractivity contribution in [1.82, 2.24) is 5.16 Å². The summed E-state index contributed by atoms with van der Waals surface area (Å²) in [6, 6.07) is 0. The van der Waals surface area contributed by atoms with Gasteiger partial charge in [-0.1, -0.05) is 39.5 Å². The molecule has 108 valence electrons. The number of aliphatic imine (C=N–C) groups is 1. The summed E-state index contributed by atoms with van der Waals surface area (Å²) in [6.45, 7) is 7.02. The van der Waals surface area contributed by atoms with E-state index < -0.39 is 0 Å². The first kappa shape index (κ1) is 15.7. The Kier molecular flexibility index (Phi) is 7.23. The highest BCUT2D eigenvalue weighted by atomic mass is 16.5. The normalized spacial score (nSPS) is 12.1. The highest BCUT2D eigenvalue weighted by Crippen LogP contribution is 2.10. The van der Waals surface area contributed by atoms with E-state index in [1.54, 1.807) is 0 Å². The third-order valence-electron chi connectivity index (χ3n) is 3.25. The summed E-state index contributed by atoms with van der Waals surface area (Å²) in [7, 11) is 0. The number of H-pyrrole nitrogens is 1. The molecule has 1 aromatic heterocycles. The quantitative estimate of drug-likeness (QED) is 0.545. The summed E-state index contributed by atoms with van der Waals surface area (Å²) in [4.78, 5) is 16.4. The SMILES string of the molecule is CCCCCN=C(CCCCC)c1c(C)[nH]oc1=O. The van der Waals surface area contributed by atoms with Gasteiger partial charge in [0.2, 0.25) is 0 Å². The maximum Gasteiger partial charge on any atom is 0.366 e. The van der Waals surface area contributed by atoms with E-state index in [9.17, 15) is 4.79 Å². The fraction of sp³-hybridized carbons (Fsp3) is 0.733. The van der Waals surface area contributed by atoms with Crippen molar-refractivity contribution in [1.29, 1.82) is 0 Å². The summed E-state index contributed by atoms with van der Waals surface area (Å²) in [5.41, 5.74) is 2.06. The zero-order valence-electron chi connectivity index (χ0n) is 12.4. The molecule has 0 aliphatic carbocycles. The van der Waals surface area contributed by atoms with Crippen LogP contribution in [0.4, 0.5) is 0 Å². The van der Waals surface area contributed by atoms with Crippen molar-refractivity contribution in [2.45, 2.75) is 65.7 Å². The Bertz CT molecular complexity index is 443. The Hall–Kier alpha value is -1.32. The number of hydrogen-bond acceptors (Lipinski definition) is 3. The van der Waals surface area contributed by atoms with Crippen LogP contribution in [-0.4, -0.2) is 17.4 Å². The van der Waals surface area contributed by atoms with Crippen molar-refractivity contribution in [3.8, 4) is 0 Å². The van der Waals surface area contributed by atoms with Crippen molar-refractivity contribution in [2.75, 3.05) is 6.54 Å². The molecule has 0 aliphatic rings. The maximum absolute atomic E-state index is 11.7. The Balaban J connectivity index is 2.77. The van der Waals surface area contributed by atoms with Crippen molar-refractivity contribution in [3.05, 3.63) is 21.7 Å². The first-order valence-electron chi connectivity index (χ1n) is 7.42. The molecule has 19 heavy (non-hydrogen) atoms. The average Bonchev–Trinajstić information content (AvgIpc) is 2.73. The predicted molar refractivity (Wildman–Crippen MR) is 79.1 cm³/mol. The third-order valence-corrected chi connectivity index (χ3v) is 3.25. The lowest BCUT2D eigenvalue weighted by molar-refractivity contribution is 0.387. The summed E-state index contributed by atoms with van der Waals surface area (Å²) >= 11 is 0. The molecule has 4 nitrogen and oxygen atoms in total. The highest BCUT2D eigenvalue weighted by molar-refractivity contribution is 6.01. The molecule has 0 saturated carbocycles. The second kappa shape index (κ2) is 8.73. The number of aromatic nitrogens is 1. The first-order valence-corrected chi connectivity index (χ1v) is 7.42. The number of aryl methyl sites for hydroxylation is 1. The van der Waals surface area contributed by atoms with Gasteiger partial charge in [0.1, 0.15) is 5.56 Å². The number of unbranched alkanes of at least 4 members (excludes halogenated alkanes) is 4. The lowest BCUT2D eigenvalue weighted by atomic mass is 10.0. The van der Waals surface area contributed by atoms with Gasteiger partial charge in [-0.05, 0) is 26.2 Å². The number of hydrogen-bond donors (Lipinski definition) is 1. The van der Waals surface area contributed by atoms with Crippen LogP contribution in [-0.2, 0) is 0 Å². The van der Waals surface area contributed by atoms with Crippen LogP contribution in [0.1, 0.15) is 70.1 Å². The minimum atomic E-state index is -0.289. The van der Waals surface area contributed by atoms with Gasteiger partial charge >= 0.3 is 5.63 Å². The van der Waals surface area contributed by atoms with Gasteiger partial charge in [0, 0.05) is 6.54 Å². The van der Waals surface area contributed by atoms with Crippen LogP contribution in [0.5, 0.6) is 0 Å². The van der Waals surface area contributed by atoms with Gasteiger partial charge < -0.3 is 4.52 Å². The summed E-state index contributed by atoms with van der Waals surface area (Å²) < 4.78 is 4.85. The van der Waals surface area contributed by atoms with Gasteiger partial charge in [0.25, 0.3) is 0 Å². The molecular weight excluding hydrogens is 240 g/mol. The number of aromatic amines is 1. The van der Waals surface area contributed by atoms with Crippen molar-refractivity contribution in [3.63, 3.8) is 0 Å². The number of rotatable bonds is 9. The molecule has 1 rings (SSSR count). The molecule has 0 aromatic carbocycles. The van der Waals surface area contributed by atoms with Crippen LogP contribution in [0.3, 0.4) is 0 Å². The predicted octanol–water partition coefficient (Wildman–Crippen LogP) is 3.84. The van der Waals surface area contributed by atoms with E-state index in [4.69, 9.17) is 4.52 Å². The van der Waals surface area contributed by atoms with Crippen LogP contribution in [0.2, 0.25) is 0 Å². The van der Waals surface area contributed by atoms with E-state index in [0.29, 0.717) is 5.56 Å². The second-order valence-corrected chi connectivity index (χ2v) is 4.98. The standard InChI is InChI=1S/C15H26N2O2/c1-4-6-8-10-13(16-11-9-7-5-2)14-12(3)17-19-15(14)18/h17H,4-11H2,1-3H3. The van der Waals surface area contributed by atoms with Crippen LogP contribution in [0.25, 0.3) is 0 Å². The summed E-state index contributed by atoms with van der Waals surface area (Å²) in [6.07, 6.45) is 7.74. The molecule has 0 spiro atoms. The molecule has 0 bridgehead atoms. The van der Waals surface area contributed by atoms with Crippen LogP contribution in [0.15, 0.2) is 14.3 Å². The Morgan fingerprint density at radius 3 is 2.42 bits per heavy atom. The first-order chi connectivity index (χ1) is 9.20. The molecule has 0 aliphatic heterocycles. The van der Waals surface area contributed by atoms with Gasteiger partial charge in [-0.3, -0.25) is 4.99 Å². The Morgan fingerprint density at radius 2 is 1.84 bits per heavy atom. The largest absolute Gasteiger partial charge is 0.366 e. The highest BCUT2D eigenvalue weighted by Gasteiger charge is 2.14. The van der Waals surface area contributed by atoms with Crippen molar-refractivity contribution in [2.24, 2.45) is 4.99 Å². The fourth-order valence-corrected chi connectivity index (χ4v) is 2.11. The van der Waals surface area contributed by atoms with Crippen LogP contribution < -0.4 is 5.63 Å². The van der Waals surface area contributed by atoms with E-state index in [1.165, 1.54) is 25.7 Å². The Labute approximate surface area is 115 Å². The van der Waals surface area contributed by atoms with E-state index in [-0.39, 0.29) is 5.63 Å².